The monoisotopic (exact) mass is 232 g/mol. The van der Waals surface area contributed by atoms with Crippen molar-refractivity contribution in [3.8, 4) is 0 Å². The molecule has 90 valence electrons. The predicted molar refractivity (Wildman–Crippen MR) is 69.3 cm³/mol. The van der Waals surface area contributed by atoms with Gasteiger partial charge in [0, 0.05) is 5.39 Å². The van der Waals surface area contributed by atoms with E-state index in [0.717, 1.165) is 5.39 Å². The molecule has 0 bridgehead atoms. The number of pyridine rings is 1. The lowest BCUT2D eigenvalue weighted by atomic mass is 9.87. The molecule has 0 spiro atoms. The third kappa shape index (κ3) is 2.54. The first-order valence-electron chi connectivity index (χ1n) is 5.70. The lowest BCUT2D eigenvalue weighted by Crippen LogP contribution is -2.11. The summed E-state index contributed by atoms with van der Waals surface area (Å²) in [5.41, 5.74) is 6.71. The Morgan fingerprint density at radius 1 is 1.18 bits per heavy atom. The second-order valence-corrected chi connectivity index (χ2v) is 5.58. The second kappa shape index (κ2) is 3.99. The van der Waals surface area contributed by atoms with Crippen LogP contribution < -0.4 is 5.73 Å². The summed E-state index contributed by atoms with van der Waals surface area (Å²) < 4.78 is 14.3. The van der Waals surface area contributed by atoms with Crippen molar-refractivity contribution < 1.29 is 4.39 Å². The van der Waals surface area contributed by atoms with Gasteiger partial charge in [0.15, 0.2) is 5.82 Å². The minimum absolute atomic E-state index is 0.0504. The maximum Gasteiger partial charge on any atom is 0.152 e. The van der Waals surface area contributed by atoms with Crippen LogP contribution in [0.1, 0.15) is 26.3 Å². The van der Waals surface area contributed by atoms with E-state index in [4.69, 9.17) is 5.73 Å². The van der Waals surface area contributed by atoms with E-state index < -0.39 is 0 Å². The van der Waals surface area contributed by atoms with Gasteiger partial charge in [0.25, 0.3) is 0 Å². The molecule has 0 atom stereocenters. The van der Waals surface area contributed by atoms with E-state index in [1.54, 1.807) is 12.1 Å². The van der Waals surface area contributed by atoms with Crippen molar-refractivity contribution in [2.75, 3.05) is 5.73 Å². The molecule has 0 aliphatic heterocycles. The van der Waals surface area contributed by atoms with Crippen molar-refractivity contribution >= 4 is 16.7 Å². The Kier molecular flexibility index (Phi) is 2.77. The van der Waals surface area contributed by atoms with Crippen LogP contribution in [-0.4, -0.2) is 4.98 Å². The van der Waals surface area contributed by atoms with Crippen molar-refractivity contribution in [2.24, 2.45) is 5.41 Å². The van der Waals surface area contributed by atoms with E-state index in [-0.39, 0.29) is 11.2 Å². The van der Waals surface area contributed by atoms with Crippen molar-refractivity contribution in [1.82, 2.24) is 4.98 Å². The largest absolute Gasteiger partial charge is 0.384 e. The van der Waals surface area contributed by atoms with Crippen molar-refractivity contribution in [2.45, 2.75) is 27.2 Å². The Morgan fingerprint density at radius 2 is 1.82 bits per heavy atom. The third-order valence-electron chi connectivity index (χ3n) is 2.62. The molecule has 0 radical (unpaired) electrons. The van der Waals surface area contributed by atoms with Crippen LogP contribution in [0.4, 0.5) is 10.2 Å². The Morgan fingerprint density at radius 3 is 2.47 bits per heavy atom. The van der Waals surface area contributed by atoms with Gasteiger partial charge in [-0.05, 0) is 29.5 Å². The van der Waals surface area contributed by atoms with Gasteiger partial charge in [0.1, 0.15) is 11.3 Å². The quantitative estimate of drug-likeness (QED) is 0.816. The maximum atomic E-state index is 14.3. The Labute approximate surface area is 101 Å². The molecule has 0 saturated heterocycles. The van der Waals surface area contributed by atoms with Crippen molar-refractivity contribution in [1.29, 1.82) is 0 Å². The first-order chi connectivity index (χ1) is 7.87. The molecule has 0 aliphatic rings. The minimum atomic E-state index is -0.246. The normalized spacial score (nSPS) is 12.0. The fourth-order valence-corrected chi connectivity index (χ4v) is 1.92. The number of rotatable bonds is 1. The summed E-state index contributed by atoms with van der Waals surface area (Å²) in [6, 6.07) is 7.21. The molecular formula is C14H17FN2. The highest BCUT2D eigenvalue weighted by Crippen LogP contribution is 2.26. The number of anilines is 1. The summed E-state index contributed by atoms with van der Waals surface area (Å²) in [5, 5.41) is 0.786. The molecule has 1 heterocycles. The smallest absolute Gasteiger partial charge is 0.152 e. The average molecular weight is 232 g/mol. The molecule has 2 aromatic rings. The van der Waals surface area contributed by atoms with Gasteiger partial charge >= 0.3 is 0 Å². The standard InChI is InChI=1S/C14H17FN2/c1-14(2,3)8-10-5-4-9-6-7-11(16)17-13(9)12(10)15/h4-7H,8H2,1-3H3,(H2,16,17). The maximum absolute atomic E-state index is 14.3. The molecule has 3 heteroatoms. The predicted octanol–water partition coefficient (Wildman–Crippen LogP) is 3.54. The van der Waals surface area contributed by atoms with Crippen LogP contribution in [0, 0.1) is 11.2 Å². The van der Waals surface area contributed by atoms with E-state index in [1.807, 2.05) is 12.1 Å². The van der Waals surface area contributed by atoms with Crippen LogP contribution in [0.15, 0.2) is 24.3 Å². The van der Waals surface area contributed by atoms with Gasteiger partial charge in [0.2, 0.25) is 0 Å². The summed E-state index contributed by atoms with van der Waals surface area (Å²) in [5.74, 6) is 0.106. The molecule has 17 heavy (non-hydrogen) atoms. The third-order valence-corrected chi connectivity index (χ3v) is 2.62. The van der Waals surface area contributed by atoms with Gasteiger partial charge in [-0.3, -0.25) is 0 Å². The molecule has 1 aromatic carbocycles. The van der Waals surface area contributed by atoms with Gasteiger partial charge in [-0.15, -0.1) is 0 Å². The minimum Gasteiger partial charge on any atom is -0.384 e. The summed E-state index contributed by atoms with van der Waals surface area (Å²) in [6.45, 7) is 6.26. The number of halogens is 1. The number of hydrogen-bond donors (Lipinski definition) is 1. The van der Waals surface area contributed by atoms with Gasteiger partial charge in [-0.1, -0.05) is 32.9 Å². The number of benzene rings is 1. The molecule has 0 unspecified atom stereocenters. The molecule has 0 saturated carbocycles. The number of nitrogen functional groups attached to an aromatic ring is 1. The van der Waals surface area contributed by atoms with E-state index >= 15 is 0 Å². The Hall–Kier alpha value is -1.64. The van der Waals surface area contributed by atoms with Crippen molar-refractivity contribution in [3.63, 3.8) is 0 Å². The number of nitrogens with zero attached hydrogens (tertiary/aromatic N) is 1. The molecule has 2 rings (SSSR count). The lowest BCUT2D eigenvalue weighted by molar-refractivity contribution is 0.403. The van der Waals surface area contributed by atoms with Crippen LogP contribution in [0.25, 0.3) is 10.9 Å². The highest BCUT2D eigenvalue weighted by molar-refractivity contribution is 5.81. The second-order valence-electron chi connectivity index (χ2n) is 5.58. The van der Waals surface area contributed by atoms with Gasteiger partial charge in [-0.2, -0.15) is 0 Å². The molecule has 2 N–H and O–H groups in total. The summed E-state index contributed by atoms with van der Waals surface area (Å²) in [4.78, 5) is 4.07. The zero-order valence-electron chi connectivity index (χ0n) is 10.4. The fraction of sp³-hybridized carbons (Fsp3) is 0.357. The SMILES string of the molecule is CC(C)(C)Cc1ccc2ccc(N)nc2c1F. The first-order valence-corrected chi connectivity index (χ1v) is 5.70. The van der Waals surface area contributed by atoms with Crippen LogP contribution in [0.3, 0.4) is 0 Å². The Bertz CT molecular complexity index is 556. The molecule has 0 aliphatic carbocycles. The van der Waals surface area contributed by atoms with E-state index in [2.05, 4.69) is 25.8 Å². The van der Waals surface area contributed by atoms with Crippen LogP contribution in [-0.2, 0) is 6.42 Å². The van der Waals surface area contributed by atoms with Crippen LogP contribution in [0.2, 0.25) is 0 Å². The van der Waals surface area contributed by atoms with Gasteiger partial charge in [-0.25, -0.2) is 9.37 Å². The summed E-state index contributed by atoms with van der Waals surface area (Å²) in [7, 11) is 0. The zero-order chi connectivity index (χ0) is 12.6. The highest BCUT2D eigenvalue weighted by atomic mass is 19.1. The van der Waals surface area contributed by atoms with Gasteiger partial charge < -0.3 is 5.73 Å². The fourth-order valence-electron chi connectivity index (χ4n) is 1.92. The molecule has 0 amide bonds. The van der Waals surface area contributed by atoms with Crippen molar-refractivity contribution in [3.05, 3.63) is 35.6 Å². The Balaban J connectivity index is 2.56. The number of nitrogens with two attached hydrogens (primary N) is 1. The van der Waals surface area contributed by atoms with E-state index in [9.17, 15) is 4.39 Å². The number of fused-ring (bicyclic) bond motifs is 1. The molecule has 1 aromatic heterocycles. The van der Waals surface area contributed by atoms with E-state index in [1.165, 1.54) is 0 Å². The highest BCUT2D eigenvalue weighted by Gasteiger charge is 2.16. The number of aromatic nitrogens is 1. The first kappa shape index (κ1) is 11.8. The summed E-state index contributed by atoms with van der Waals surface area (Å²) >= 11 is 0. The topological polar surface area (TPSA) is 38.9 Å². The van der Waals surface area contributed by atoms with Gasteiger partial charge in [0.05, 0.1) is 0 Å². The van der Waals surface area contributed by atoms with E-state index in [0.29, 0.717) is 23.3 Å². The molecule has 0 fully saturated rings. The molecule has 2 nitrogen and oxygen atoms in total. The van der Waals surface area contributed by atoms with Crippen LogP contribution >= 0.6 is 0 Å². The molecular weight excluding hydrogens is 215 g/mol. The average Bonchev–Trinajstić information content (AvgIpc) is 2.21. The zero-order valence-corrected chi connectivity index (χ0v) is 10.4. The lowest BCUT2D eigenvalue weighted by Gasteiger charge is -2.18. The summed E-state index contributed by atoms with van der Waals surface area (Å²) in [6.07, 6.45) is 0.686. The number of hydrogen-bond acceptors (Lipinski definition) is 2. The van der Waals surface area contributed by atoms with Crippen LogP contribution in [0.5, 0.6) is 0 Å².